The topological polar surface area (TPSA) is 123 Å². The van der Waals surface area contributed by atoms with E-state index in [9.17, 15) is 32.8 Å². The fourth-order valence-corrected chi connectivity index (χ4v) is 4.68. The van der Waals surface area contributed by atoms with Crippen molar-refractivity contribution >= 4 is 34.9 Å². The Kier molecular flexibility index (Phi) is 9.83. The van der Waals surface area contributed by atoms with Gasteiger partial charge in [-0.15, -0.1) is 0 Å². The van der Waals surface area contributed by atoms with Crippen LogP contribution in [-0.4, -0.2) is 29.6 Å². The lowest BCUT2D eigenvalue weighted by atomic mass is 9.93. The van der Waals surface area contributed by atoms with Crippen LogP contribution in [0.3, 0.4) is 0 Å². The Morgan fingerprint density at radius 3 is 2.30 bits per heavy atom. The van der Waals surface area contributed by atoms with Gasteiger partial charge in [-0.3, -0.25) is 14.5 Å². The predicted molar refractivity (Wildman–Crippen MR) is 155 cm³/mol. The molecule has 43 heavy (non-hydrogen) atoms. The first-order valence-electron chi connectivity index (χ1n) is 13.6. The number of amides is 3. The van der Waals surface area contributed by atoms with E-state index in [0.717, 1.165) is 37.3 Å². The third-order valence-corrected chi connectivity index (χ3v) is 6.91. The Morgan fingerprint density at radius 1 is 0.977 bits per heavy atom. The number of rotatable bonds is 9. The van der Waals surface area contributed by atoms with E-state index >= 15 is 0 Å². The molecule has 0 heterocycles. The lowest BCUT2D eigenvalue weighted by molar-refractivity contribution is -0.138. The quantitative estimate of drug-likeness (QED) is 0.248. The number of carboxylic acid groups (broad SMARTS) is 1. The van der Waals surface area contributed by atoms with Gasteiger partial charge in [-0.25, -0.2) is 4.79 Å². The van der Waals surface area contributed by atoms with Gasteiger partial charge in [-0.2, -0.15) is 18.4 Å². The number of anilines is 2. The number of benzene rings is 3. The molecule has 1 aliphatic rings. The number of alkyl halides is 3. The molecular weight excluding hydrogens is 561 g/mol. The molecule has 0 saturated carbocycles. The van der Waals surface area contributed by atoms with Crippen LogP contribution in [0, 0.1) is 11.3 Å². The largest absolute Gasteiger partial charge is 0.481 e. The van der Waals surface area contributed by atoms with E-state index in [2.05, 4.69) is 16.7 Å². The molecule has 0 bridgehead atoms. The second-order valence-corrected chi connectivity index (χ2v) is 10.0. The van der Waals surface area contributed by atoms with Gasteiger partial charge in [0.1, 0.15) is 0 Å². The minimum atomic E-state index is -4.71. The van der Waals surface area contributed by atoms with E-state index in [1.165, 1.54) is 28.7 Å². The van der Waals surface area contributed by atoms with Crippen LogP contribution < -0.4 is 15.5 Å². The van der Waals surface area contributed by atoms with Gasteiger partial charge in [0, 0.05) is 23.5 Å². The Bertz CT molecular complexity index is 1560. The highest BCUT2D eigenvalue weighted by molar-refractivity contribution is 6.02. The van der Waals surface area contributed by atoms with Gasteiger partial charge in [0.05, 0.1) is 30.2 Å². The summed E-state index contributed by atoms with van der Waals surface area (Å²) in [6.45, 7) is -0.0152. The van der Waals surface area contributed by atoms with Gasteiger partial charge in [0.25, 0.3) is 5.91 Å². The van der Waals surface area contributed by atoms with E-state index < -0.39 is 29.6 Å². The summed E-state index contributed by atoms with van der Waals surface area (Å²) in [7, 11) is 0. The van der Waals surface area contributed by atoms with Crippen molar-refractivity contribution in [3.63, 3.8) is 0 Å². The maximum Gasteiger partial charge on any atom is 0.416 e. The van der Waals surface area contributed by atoms with Crippen molar-refractivity contribution in [2.45, 2.75) is 44.8 Å². The minimum absolute atomic E-state index is 0.0128. The number of nitriles is 1. The molecule has 0 aliphatic heterocycles. The molecule has 8 nitrogen and oxygen atoms in total. The Labute approximate surface area is 246 Å². The maximum atomic E-state index is 13.5. The van der Waals surface area contributed by atoms with Gasteiger partial charge in [0.2, 0.25) is 0 Å². The number of carbonyl (C=O) groups excluding carboxylic acids is 2. The molecule has 3 aromatic carbocycles. The van der Waals surface area contributed by atoms with Gasteiger partial charge >= 0.3 is 18.2 Å². The number of carboxylic acids is 1. The summed E-state index contributed by atoms with van der Waals surface area (Å²) in [5, 5.41) is 23.0. The Morgan fingerprint density at radius 2 is 1.70 bits per heavy atom. The number of hydrogen-bond donors (Lipinski definition) is 3. The molecule has 0 atom stereocenters. The highest BCUT2D eigenvalue weighted by Gasteiger charge is 2.31. The van der Waals surface area contributed by atoms with Crippen molar-refractivity contribution < 1.29 is 32.7 Å². The van der Waals surface area contributed by atoms with Crippen LogP contribution in [-0.2, 0) is 17.5 Å². The van der Waals surface area contributed by atoms with Gasteiger partial charge in [-0.05, 0) is 84.8 Å². The average molecular weight is 591 g/mol. The van der Waals surface area contributed by atoms with Crippen molar-refractivity contribution in [2.75, 3.05) is 16.8 Å². The van der Waals surface area contributed by atoms with Crippen molar-refractivity contribution in [3.8, 4) is 6.07 Å². The Balaban J connectivity index is 1.59. The fourth-order valence-electron chi connectivity index (χ4n) is 4.68. The zero-order valence-electron chi connectivity index (χ0n) is 23.1. The highest BCUT2D eigenvalue weighted by Crippen LogP contribution is 2.33. The van der Waals surface area contributed by atoms with Crippen LogP contribution in [0.5, 0.6) is 0 Å². The maximum absolute atomic E-state index is 13.5. The van der Waals surface area contributed by atoms with E-state index in [1.807, 2.05) is 12.1 Å². The second-order valence-electron chi connectivity index (χ2n) is 10.0. The molecule has 0 aromatic heterocycles. The summed E-state index contributed by atoms with van der Waals surface area (Å²) in [5.41, 5.74) is 2.16. The molecule has 3 N–H and O–H groups in total. The summed E-state index contributed by atoms with van der Waals surface area (Å²) in [4.78, 5) is 37.9. The number of urea groups is 1. The number of allylic oxidation sites excluding steroid dienone is 2. The summed E-state index contributed by atoms with van der Waals surface area (Å²) in [6.07, 6.45) is 1.46. The molecule has 11 heteroatoms. The summed E-state index contributed by atoms with van der Waals surface area (Å²) >= 11 is 0. The standard InChI is InChI=1S/C32H29F3N4O4/c33-32(34,35)26-16-22(19-36)17-27(18-26)38-31(43)39(28-12-10-24(11-13-28)23-4-2-1-3-5-23)20-21-6-8-25(9-7-21)30(42)37-15-14-29(40)41/h4,6-13,16-18H,1-3,5,14-15,20H2,(H,37,42)(H,38,43)(H,40,41). The molecule has 0 radical (unpaired) electrons. The Hall–Kier alpha value is -5.11. The average Bonchev–Trinajstić information content (AvgIpc) is 2.99. The van der Waals surface area contributed by atoms with Crippen LogP contribution in [0.15, 0.2) is 72.8 Å². The first kappa shape index (κ1) is 30.8. The van der Waals surface area contributed by atoms with Gasteiger partial charge < -0.3 is 15.7 Å². The molecule has 3 aromatic rings. The third kappa shape index (κ3) is 8.45. The van der Waals surface area contributed by atoms with Crippen LogP contribution in [0.2, 0.25) is 0 Å². The molecule has 0 saturated heterocycles. The second kappa shape index (κ2) is 13.7. The zero-order valence-corrected chi connectivity index (χ0v) is 23.1. The van der Waals surface area contributed by atoms with E-state index in [1.54, 1.807) is 30.3 Å². The minimum Gasteiger partial charge on any atom is -0.481 e. The molecular formula is C32H29F3N4O4. The smallest absolute Gasteiger partial charge is 0.416 e. The lowest BCUT2D eigenvalue weighted by Gasteiger charge is -2.24. The zero-order chi connectivity index (χ0) is 31.0. The van der Waals surface area contributed by atoms with E-state index in [4.69, 9.17) is 5.11 Å². The van der Waals surface area contributed by atoms with Crippen LogP contribution in [0.4, 0.5) is 29.3 Å². The molecule has 0 fully saturated rings. The summed E-state index contributed by atoms with van der Waals surface area (Å²) in [5.74, 6) is -1.49. The number of carbonyl (C=O) groups is 3. The first-order valence-corrected chi connectivity index (χ1v) is 13.6. The molecule has 0 unspecified atom stereocenters. The normalized spacial score (nSPS) is 12.9. The van der Waals surface area contributed by atoms with Crippen molar-refractivity contribution in [3.05, 3.63) is 101 Å². The predicted octanol–water partition coefficient (Wildman–Crippen LogP) is 6.98. The monoisotopic (exact) mass is 590 g/mol. The lowest BCUT2D eigenvalue weighted by Crippen LogP contribution is -2.34. The fraction of sp³-hybridized carbons (Fsp3) is 0.250. The molecule has 3 amide bonds. The highest BCUT2D eigenvalue weighted by atomic mass is 19.4. The number of hydrogen-bond acceptors (Lipinski definition) is 4. The van der Waals surface area contributed by atoms with Crippen LogP contribution >= 0.6 is 0 Å². The number of nitrogens with zero attached hydrogens (tertiary/aromatic N) is 2. The number of halogens is 3. The first-order chi connectivity index (χ1) is 20.5. The van der Waals surface area contributed by atoms with Crippen molar-refractivity contribution in [1.82, 2.24) is 5.32 Å². The van der Waals surface area contributed by atoms with Crippen LogP contribution in [0.1, 0.15) is 64.7 Å². The van der Waals surface area contributed by atoms with Crippen molar-refractivity contribution in [1.29, 1.82) is 5.26 Å². The summed E-state index contributed by atoms with van der Waals surface area (Å²) < 4.78 is 40.3. The van der Waals surface area contributed by atoms with E-state index in [-0.39, 0.29) is 30.8 Å². The number of aliphatic carboxylic acids is 1. The van der Waals surface area contributed by atoms with Crippen LogP contribution in [0.25, 0.3) is 5.57 Å². The van der Waals surface area contributed by atoms with Crippen molar-refractivity contribution in [2.24, 2.45) is 0 Å². The van der Waals surface area contributed by atoms with E-state index in [0.29, 0.717) is 22.9 Å². The SMILES string of the molecule is N#Cc1cc(NC(=O)N(Cc2ccc(C(=O)NCCC(=O)O)cc2)c2ccc(C3=CCCCC3)cc2)cc(C(F)(F)F)c1. The summed E-state index contributed by atoms with van der Waals surface area (Å²) in [6, 6.07) is 17.3. The number of nitrogens with one attached hydrogen (secondary N) is 2. The third-order valence-electron chi connectivity index (χ3n) is 6.91. The molecule has 4 rings (SSSR count). The molecule has 1 aliphatic carbocycles. The molecule has 222 valence electrons. The van der Waals surface area contributed by atoms with Gasteiger partial charge in [0.15, 0.2) is 0 Å². The molecule has 0 spiro atoms. The van der Waals surface area contributed by atoms with Gasteiger partial charge in [-0.1, -0.05) is 30.3 Å².